The van der Waals surface area contributed by atoms with E-state index in [4.69, 9.17) is 6.42 Å². The number of alkyl halides is 3. The zero-order valence-corrected chi connectivity index (χ0v) is 7.17. The number of nitrogens with one attached hydrogen (secondary N) is 1. The van der Waals surface area contributed by atoms with Crippen LogP contribution in [-0.2, 0) is 6.18 Å². The van der Waals surface area contributed by atoms with Gasteiger partial charge in [-0.15, -0.1) is 17.8 Å². The highest BCUT2D eigenvalue weighted by Gasteiger charge is 2.33. The molecule has 0 bridgehead atoms. The van der Waals surface area contributed by atoms with Crippen molar-refractivity contribution < 1.29 is 13.2 Å². The van der Waals surface area contributed by atoms with Crippen LogP contribution < -0.4 is 5.32 Å². The molecule has 0 saturated heterocycles. The average molecular weight is 206 g/mol. The first-order valence-corrected chi connectivity index (χ1v) is 4.12. The Morgan fingerprint density at radius 1 is 1.62 bits per heavy atom. The number of rotatable bonds is 2. The summed E-state index contributed by atoms with van der Waals surface area (Å²) in [6.45, 7) is 0.171. The zero-order chi connectivity index (χ0) is 9.90. The van der Waals surface area contributed by atoms with Gasteiger partial charge in [0.25, 0.3) is 0 Å². The summed E-state index contributed by atoms with van der Waals surface area (Å²) in [6.07, 6.45) is 0.529. The number of halogens is 3. The SMILES string of the molecule is C#CCNc1nc(C(F)(F)F)cs1. The van der Waals surface area contributed by atoms with Crippen molar-refractivity contribution in [3.63, 3.8) is 0 Å². The molecule has 1 aromatic rings. The number of anilines is 1. The molecule has 0 aliphatic carbocycles. The fourth-order valence-corrected chi connectivity index (χ4v) is 1.33. The molecule has 0 atom stereocenters. The molecule has 0 saturated carbocycles. The van der Waals surface area contributed by atoms with E-state index in [-0.39, 0.29) is 11.7 Å². The lowest BCUT2D eigenvalue weighted by Crippen LogP contribution is -2.06. The van der Waals surface area contributed by atoms with Crippen LogP contribution in [0.3, 0.4) is 0 Å². The van der Waals surface area contributed by atoms with E-state index in [0.717, 1.165) is 16.7 Å². The Hall–Kier alpha value is -1.22. The van der Waals surface area contributed by atoms with Crippen LogP contribution in [-0.4, -0.2) is 11.5 Å². The molecule has 1 aromatic heterocycles. The van der Waals surface area contributed by atoms with Crippen molar-refractivity contribution in [3.8, 4) is 12.3 Å². The van der Waals surface area contributed by atoms with Crippen LogP contribution in [0.25, 0.3) is 0 Å². The largest absolute Gasteiger partial charge is 0.434 e. The predicted molar refractivity (Wildman–Crippen MR) is 44.4 cm³/mol. The second kappa shape index (κ2) is 3.66. The molecule has 6 heteroatoms. The Balaban J connectivity index is 2.71. The molecular formula is C7H5F3N2S. The predicted octanol–water partition coefficient (Wildman–Crippen LogP) is 2.21. The van der Waals surface area contributed by atoms with Crippen molar-refractivity contribution in [1.29, 1.82) is 0 Å². The molecule has 0 amide bonds. The summed E-state index contributed by atoms with van der Waals surface area (Å²) in [4.78, 5) is 3.31. The first-order valence-electron chi connectivity index (χ1n) is 3.24. The molecule has 1 heterocycles. The molecule has 0 aliphatic rings. The van der Waals surface area contributed by atoms with Gasteiger partial charge in [-0.1, -0.05) is 5.92 Å². The minimum Gasteiger partial charge on any atom is -0.351 e. The van der Waals surface area contributed by atoms with Gasteiger partial charge in [0.1, 0.15) is 0 Å². The minimum absolute atomic E-state index is 0.171. The van der Waals surface area contributed by atoms with Crippen molar-refractivity contribution in [3.05, 3.63) is 11.1 Å². The summed E-state index contributed by atoms with van der Waals surface area (Å²) < 4.78 is 36.0. The van der Waals surface area contributed by atoms with Gasteiger partial charge in [-0.25, -0.2) is 4.98 Å². The summed E-state index contributed by atoms with van der Waals surface area (Å²) in [5.41, 5.74) is -0.892. The van der Waals surface area contributed by atoms with E-state index in [2.05, 4.69) is 16.2 Å². The Morgan fingerprint density at radius 2 is 2.31 bits per heavy atom. The highest BCUT2D eigenvalue weighted by Crippen LogP contribution is 2.31. The molecule has 1 rings (SSSR count). The van der Waals surface area contributed by atoms with Gasteiger partial charge >= 0.3 is 6.18 Å². The first kappa shape index (κ1) is 9.86. The van der Waals surface area contributed by atoms with Crippen molar-refractivity contribution in [2.75, 3.05) is 11.9 Å². The third-order valence-corrected chi connectivity index (χ3v) is 1.94. The number of thiazole rings is 1. The highest BCUT2D eigenvalue weighted by atomic mass is 32.1. The van der Waals surface area contributed by atoms with E-state index in [9.17, 15) is 13.2 Å². The van der Waals surface area contributed by atoms with Crippen molar-refractivity contribution >= 4 is 16.5 Å². The third-order valence-electron chi connectivity index (χ3n) is 1.14. The number of hydrogen-bond donors (Lipinski definition) is 1. The van der Waals surface area contributed by atoms with Gasteiger partial charge in [0, 0.05) is 5.38 Å². The Labute approximate surface area is 76.8 Å². The molecule has 0 aromatic carbocycles. The van der Waals surface area contributed by atoms with Crippen LogP contribution in [0.4, 0.5) is 18.3 Å². The zero-order valence-electron chi connectivity index (χ0n) is 6.35. The molecule has 0 fully saturated rings. The first-order chi connectivity index (χ1) is 6.04. The Bertz CT molecular complexity index is 323. The van der Waals surface area contributed by atoms with Gasteiger partial charge in [-0.05, 0) is 0 Å². The Morgan fingerprint density at radius 3 is 2.77 bits per heavy atom. The second-order valence-electron chi connectivity index (χ2n) is 2.09. The smallest absolute Gasteiger partial charge is 0.351 e. The maximum absolute atomic E-state index is 12.0. The van der Waals surface area contributed by atoms with E-state index in [1.165, 1.54) is 0 Å². The van der Waals surface area contributed by atoms with Crippen molar-refractivity contribution in [1.82, 2.24) is 4.98 Å². The molecule has 13 heavy (non-hydrogen) atoms. The van der Waals surface area contributed by atoms with E-state index in [1.54, 1.807) is 0 Å². The topological polar surface area (TPSA) is 24.9 Å². The molecule has 0 aliphatic heterocycles. The normalized spacial score (nSPS) is 10.9. The summed E-state index contributed by atoms with van der Waals surface area (Å²) in [6, 6.07) is 0. The number of terminal acetylenes is 1. The van der Waals surface area contributed by atoms with Crippen LogP contribution in [0, 0.1) is 12.3 Å². The second-order valence-corrected chi connectivity index (χ2v) is 2.95. The molecular weight excluding hydrogens is 201 g/mol. The van der Waals surface area contributed by atoms with Crippen molar-refractivity contribution in [2.45, 2.75) is 6.18 Å². The maximum Gasteiger partial charge on any atom is 0.434 e. The van der Waals surface area contributed by atoms with E-state index in [0.29, 0.717) is 0 Å². The van der Waals surface area contributed by atoms with Crippen molar-refractivity contribution in [2.24, 2.45) is 0 Å². The third kappa shape index (κ3) is 2.63. The lowest BCUT2D eigenvalue weighted by atomic mass is 10.5. The van der Waals surface area contributed by atoms with E-state index >= 15 is 0 Å². The summed E-state index contributed by atoms with van der Waals surface area (Å²) in [5.74, 6) is 2.24. The lowest BCUT2D eigenvalue weighted by molar-refractivity contribution is -0.140. The summed E-state index contributed by atoms with van der Waals surface area (Å²) in [5, 5.41) is 3.69. The fourth-order valence-electron chi connectivity index (χ4n) is 0.612. The van der Waals surface area contributed by atoms with E-state index < -0.39 is 11.9 Å². The van der Waals surface area contributed by atoms with Gasteiger partial charge < -0.3 is 5.32 Å². The monoisotopic (exact) mass is 206 g/mol. The average Bonchev–Trinajstić information content (AvgIpc) is 2.47. The molecule has 1 N–H and O–H groups in total. The van der Waals surface area contributed by atoms with Crippen LogP contribution >= 0.6 is 11.3 Å². The van der Waals surface area contributed by atoms with Gasteiger partial charge in [0.15, 0.2) is 10.8 Å². The quantitative estimate of drug-likeness (QED) is 0.750. The number of nitrogens with zero attached hydrogens (tertiary/aromatic N) is 1. The number of aromatic nitrogens is 1. The number of hydrogen-bond acceptors (Lipinski definition) is 3. The minimum atomic E-state index is -4.38. The van der Waals surface area contributed by atoms with Gasteiger partial charge in [0.05, 0.1) is 6.54 Å². The molecule has 0 radical (unpaired) electrons. The Kier molecular flexibility index (Phi) is 2.78. The van der Waals surface area contributed by atoms with Crippen LogP contribution in [0.2, 0.25) is 0 Å². The van der Waals surface area contributed by atoms with Gasteiger partial charge in [-0.2, -0.15) is 13.2 Å². The van der Waals surface area contributed by atoms with Gasteiger partial charge in [0.2, 0.25) is 0 Å². The van der Waals surface area contributed by atoms with Gasteiger partial charge in [-0.3, -0.25) is 0 Å². The lowest BCUT2D eigenvalue weighted by Gasteiger charge is -1.99. The molecule has 2 nitrogen and oxygen atoms in total. The fraction of sp³-hybridized carbons (Fsp3) is 0.286. The molecule has 70 valence electrons. The summed E-state index contributed by atoms with van der Waals surface area (Å²) >= 11 is 0.879. The van der Waals surface area contributed by atoms with Crippen LogP contribution in [0.15, 0.2) is 5.38 Å². The van der Waals surface area contributed by atoms with Crippen LogP contribution in [0.5, 0.6) is 0 Å². The van der Waals surface area contributed by atoms with Crippen LogP contribution in [0.1, 0.15) is 5.69 Å². The highest BCUT2D eigenvalue weighted by molar-refractivity contribution is 7.13. The maximum atomic E-state index is 12.0. The summed E-state index contributed by atoms with van der Waals surface area (Å²) in [7, 11) is 0. The van der Waals surface area contributed by atoms with E-state index in [1.807, 2.05) is 0 Å². The molecule has 0 spiro atoms. The standard InChI is InChI=1S/C7H5F3N2S/c1-2-3-11-6-12-5(4-13-6)7(8,9)10/h1,4H,3H2,(H,11,12). The molecule has 0 unspecified atom stereocenters.